The Morgan fingerprint density at radius 3 is 2.57 bits per heavy atom. The van der Waals surface area contributed by atoms with Crippen LogP contribution in [0.5, 0.6) is 5.75 Å². The first-order chi connectivity index (χ1) is 10.2. The fourth-order valence-corrected chi connectivity index (χ4v) is 6.52. The largest absolute Gasteiger partial charge is 0.492 e. The highest BCUT2D eigenvalue weighted by Crippen LogP contribution is 2.73. The highest BCUT2D eigenvalue weighted by molar-refractivity contribution is 9.10. The van der Waals surface area contributed by atoms with Crippen LogP contribution in [0.25, 0.3) is 0 Å². The van der Waals surface area contributed by atoms with Crippen LogP contribution in [0.1, 0.15) is 43.0 Å². The standard InChI is InChI=1S/C18H22Br2O/c1-2-7-21-14-6-5-12(9-13(14)19)18(20)17-15-10-3-4-11(8-10)16(15)17/h5-6,9-11,15-18H,2-4,7-8H2,1H3. The minimum absolute atomic E-state index is 0.521. The molecule has 1 aromatic rings. The highest BCUT2D eigenvalue weighted by Gasteiger charge is 2.66. The molecule has 3 aliphatic rings. The molecular weight excluding hydrogens is 392 g/mol. The maximum absolute atomic E-state index is 5.75. The quantitative estimate of drug-likeness (QED) is 0.540. The van der Waals surface area contributed by atoms with Gasteiger partial charge in [-0.15, -0.1) is 0 Å². The smallest absolute Gasteiger partial charge is 0.133 e. The van der Waals surface area contributed by atoms with Crippen molar-refractivity contribution in [2.24, 2.45) is 29.6 Å². The molecule has 3 fully saturated rings. The molecular formula is C18H22Br2O. The fourth-order valence-electron chi connectivity index (χ4n) is 5.02. The van der Waals surface area contributed by atoms with Gasteiger partial charge in [-0.1, -0.05) is 28.9 Å². The van der Waals surface area contributed by atoms with Crippen LogP contribution in [-0.4, -0.2) is 6.61 Å². The molecule has 0 heterocycles. The third-order valence-electron chi connectivity index (χ3n) is 5.87. The zero-order valence-corrected chi connectivity index (χ0v) is 15.6. The van der Waals surface area contributed by atoms with Crippen LogP contribution >= 0.6 is 31.9 Å². The molecule has 5 atom stereocenters. The van der Waals surface area contributed by atoms with Gasteiger partial charge in [-0.2, -0.15) is 0 Å². The Balaban J connectivity index is 1.48. The molecule has 114 valence electrons. The number of rotatable bonds is 5. The van der Waals surface area contributed by atoms with E-state index in [9.17, 15) is 0 Å². The van der Waals surface area contributed by atoms with E-state index in [1.165, 1.54) is 24.8 Å². The average molecular weight is 414 g/mol. The van der Waals surface area contributed by atoms with E-state index in [1.807, 2.05) is 0 Å². The maximum atomic E-state index is 5.75. The second-order valence-electron chi connectivity index (χ2n) is 7.01. The number of alkyl halides is 1. The highest BCUT2D eigenvalue weighted by atomic mass is 79.9. The molecule has 1 aromatic carbocycles. The molecule has 4 rings (SSSR count). The van der Waals surface area contributed by atoms with Crippen molar-refractivity contribution < 1.29 is 4.74 Å². The number of hydrogen-bond acceptors (Lipinski definition) is 1. The molecule has 0 spiro atoms. The van der Waals surface area contributed by atoms with E-state index in [2.05, 4.69) is 57.0 Å². The van der Waals surface area contributed by atoms with Gasteiger partial charge in [-0.3, -0.25) is 0 Å². The summed E-state index contributed by atoms with van der Waals surface area (Å²) >= 11 is 7.67. The summed E-state index contributed by atoms with van der Waals surface area (Å²) in [5.74, 6) is 5.97. The van der Waals surface area contributed by atoms with Gasteiger partial charge in [0.05, 0.1) is 11.1 Å². The van der Waals surface area contributed by atoms with Gasteiger partial charge in [0.2, 0.25) is 0 Å². The van der Waals surface area contributed by atoms with Gasteiger partial charge in [-0.25, -0.2) is 0 Å². The minimum Gasteiger partial charge on any atom is -0.492 e. The first-order valence-corrected chi connectivity index (χ1v) is 9.98. The van der Waals surface area contributed by atoms with Crippen molar-refractivity contribution in [1.29, 1.82) is 0 Å². The molecule has 21 heavy (non-hydrogen) atoms. The summed E-state index contributed by atoms with van der Waals surface area (Å²) in [7, 11) is 0. The summed E-state index contributed by atoms with van der Waals surface area (Å²) in [6.45, 7) is 2.92. The second kappa shape index (κ2) is 5.56. The zero-order chi connectivity index (χ0) is 14.6. The molecule has 0 N–H and O–H groups in total. The SMILES string of the molecule is CCCOc1ccc(C(Br)C2C3C4CCC(C4)C32)cc1Br. The van der Waals surface area contributed by atoms with Crippen LogP contribution in [0.3, 0.4) is 0 Å². The van der Waals surface area contributed by atoms with Crippen molar-refractivity contribution in [1.82, 2.24) is 0 Å². The number of halogens is 2. The summed E-state index contributed by atoms with van der Waals surface area (Å²) in [6, 6.07) is 6.61. The van der Waals surface area contributed by atoms with E-state index in [1.54, 1.807) is 0 Å². The predicted octanol–water partition coefficient (Wildman–Crippen LogP) is 5.97. The van der Waals surface area contributed by atoms with E-state index >= 15 is 0 Å². The Hall–Kier alpha value is -0.0200. The van der Waals surface area contributed by atoms with E-state index in [4.69, 9.17) is 4.74 Å². The summed E-state index contributed by atoms with van der Waals surface area (Å²) < 4.78 is 6.84. The van der Waals surface area contributed by atoms with Crippen molar-refractivity contribution in [3.05, 3.63) is 28.2 Å². The zero-order valence-electron chi connectivity index (χ0n) is 12.4. The van der Waals surface area contributed by atoms with E-state index in [-0.39, 0.29) is 0 Å². The maximum Gasteiger partial charge on any atom is 0.133 e. The third kappa shape index (κ3) is 2.39. The first-order valence-electron chi connectivity index (χ1n) is 8.27. The summed E-state index contributed by atoms with van der Waals surface area (Å²) in [6.07, 6.45) is 5.56. The third-order valence-corrected chi connectivity index (χ3v) is 7.63. The van der Waals surface area contributed by atoms with Gasteiger partial charge in [0, 0.05) is 4.83 Å². The lowest BCUT2D eigenvalue weighted by Gasteiger charge is -2.16. The van der Waals surface area contributed by atoms with Crippen molar-refractivity contribution in [2.45, 2.75) is 37.4 Å². The first kappa shape index (κ1) is 14.6. The second-order valence-corrected chi connectivity index (χ2v) is 8.85. The van der Waals surface area contributed by atoms with Crippen molar-refractivity contribution >= 4 is 31.9 Å². The Kier molecular flexibility index (Phi) is 3.86. The van der Waals surface area contributed by atoms with Crippen molar-refractivity contribution in [2.75, 3.05) is 6.61 Å². The predicted molar refractivity (Wildman–Crippen MR) is 92.9 cm³/mol. The number of benzene rings is 1. The van der Waals surface area contributed by atoms with Gasteiger partial charge in [0.15, 0.2) is 0 Å². The molecule has 3 aliphatic carbocycles. The topological polar surface area (TPSA) is 9.23 Å². The number of fused-ring (bicyclic) bond motifs is 5. The Bertz CT molecular complexity index is 528. The molecule has 0 aromatic heterocycles. The van der Waals surface area contributed by atoms with Crippen LogP contribution in [0.2, 0.25) is 0 Å². The molecule has 0 radical (unpaired) electrons. The monoisotopic (exact) mass is 412 g/mol. The lowest BCUT2D eigenvalue weighted by molar-refractivity contribution is 0.315. The molecule has 3 heteroatoms. The van der Waals surface area contributed by atoms with Crippen molar-refractivity contribution in [3.63, 3.8) is 0 Å². The van der Waals surface area contributed by atoms with Crippen LogP contribution in [0.15, 0.2) is 22.7 Å². The van der Waals surface area contributed by atoms with Crippen molar-refractivity contribution in [3.8, 4) is 5.75 Å². The van der Waals surface area contributed by atoms with Crippen LogP contribution in [0, 0.1) is 29.6 Å². The number of ether oxygens (including phenoxy) is 1. The van der Waals surface area contributed by atoms with Gasteiger partial charge in [-0.05, 0) is 88.9 Å². The van der Waals surface area contributed by atoms with Gasteiger partial charge in [0.25, 0.3) is 0 Å². The van der Waals surface area contributed by atoms with Crippen LogP contribution in [-0.2, 0) is 0 Å². The lowest BCUT2D eigenvalue weighted by Crippen LogP contribution is -2.04. The fraction of sp³-hybridized carbons (Fsp3) is 0.667. The van der Waals surface area contributed by atoms with E-state index < -0.39 is 0 Å². The summed E-state index contributed by atoms with van der Waals surface area (Å²) in [5.41, 5.74) is 1.41. The molecule has 3 saturated carbocycles. The van der Waals surface area contributed by atoms with E-state index in [0.717, 1.165) is 52.8 Å². The number of hydrogen-bond donors (Lipinski definition) is 0. The summed E-state index contributed by atoms with van der Waals surface area (Å²) in [5, 5.41) is 0. The van der Waals surface area contributed by atoms with Gasteiger partial charge in [0.1, 0.15) is 5.75 Å². The molecule has 0 amide bonds. The van der Waals surface area contributed by atoms with Gasteiger partial charge < -0.3 is 4.74 Å². The molecule has 5 unspecified atom stereocenters. The van der Waals surface area contributed by atoms with Crippen LogP contribution in [0.4, 0.5) is 0 Å². The Labute approximate surface area is 144 Å². The molecule has 1 nitrogen and oxygen atoms in total. The lowest BCUT2D eigenvalue weighted by atomic mass is 9.97. The normalized spacial score (nSPS) is 37.4. The van der Waals surface area contributed by atoms with E-state index in [0.29, 0.717) is 4.83 Å². The minimum atomic E-state index is 0.521. The summed E-state index contributed by atoms with van der Waals surface area (Å²) in [4.78, 5) is 0.521. The molecule has 2 bridgehead atoms. The van der Waals surface area contributed by atoms with Crippen LogP contribution < -0.4 is 4.74 Å². The average Bonchev–Trinajstić information content (AvgIpc) is 2.92. The molecule has 0 saturated heterocycles. The molecule has 0 aliphatic heterocycles. The Morgan fingerprint density at radius 1 is 1.24 bits per heavy atom. The Morgan fingerprint density at radius 2 is 1.95 bits per heavy atom. The van der Waals surface area contributed by atoms with Gasteiger partial charge >= 0.3 is 0 Å².